The summed E-state index contributed by atoms with van der Waals surface area (Å²) in [6.45, 7) is 1.43. The Morgan fingerprint density at radius 2 is 1.60 bits per heavy atom. The Labute approximate surface area is 445 Å². The molecule has 0 bridgehead atoms. The van der Waals surface area contributed by atoms with E-state index < -0.39 is 103 Å². The number of unbranched alkanes of at least 4 members (excludes halogenated alkanes) is 2. The van der Waals surface area contributed by atoms with Gasteiger partial charge in [-0.3, -0.25) is 48.1 Å². The molecule has 1 unspecified atom stereocenters. The van der Waals surface area contributed by atoms with Crippen molar-refractivity contribution in [3.8, 4) is 11.4 Å². The zero-order chi connectivity index (χ0) is 55.4. The molecule has 4 atom stereocenters. The molecule has 1 saturated heterocycles. The molecule has 78 heavy (non-hydrogen) atoms. The molecule has 1 aliphatic carbocycles. The number of aromatic nitrogens is 2. The van der Waals surface area contributed by atoms with Crippen molar-refractivity contribution < 1.29 is 66.9 Å². The van der Waals surface area contributed by atoms with Crippen LogP contribution in [0.15, 0.2) is 59.4 Å². The van der Waals surface area contributed by atoms with Crippen molar-refractivity contribution >= 4 is 64.1 Å². The number of cyclic esters (lactones) is 1. The molecule has 2 aromatic carbocycles. The number of nitrogens with one attached hydrogen (secondary N) is 5. The maximum Gasteiger partial charge on any atom is 0.343 e. The molecule has 23 nitrogen and oxygen atoms in total. The van der Waals surface area contributed by atoms with E-state index in [9.17, 15) is 53.1 Å². The number of morpholine rings is 1. The molecule has 8 amide bonds. The fraction of sp³-hybridized carbons (Fsp3) is 0.426. The van der Waals surface area contributed by atoms with Crippen LogP contribution in [0.1, 0.15) is 90.4 Å². The standard InChI is InChI=1S/C54H58FN9O14/c1-3-54(75)34-21-39-48-32(26-64(39)50(72)33(34)27-77-53(54)74)47-38(14-13-31-29(2)35(55)22-36(61-48)46(31)47)62-18-19-76-52(51(62)73)78-28-59-42(67)24-58-49(71)37(20-30-10-6-4-7-11-30)60-43(68)25-57-41(66)23-56-40(65)12-8-5-9-17-63-44(69)15-16-45(63)70/h4,6-7,10-11,15-16,21-22,37-38,52,75H,3,5,8-9,12-14,17-20,23-28H2,1-2H3,(H,56,65)(H,57,66)(H,58,71)(H,59,67)(H,60,68)/t37-,38-,52?,54+/m0/s1. The molecule has 0 spiro atoms. The minimum atomic E-state index is -2.07. The van der Waals surface area contributed by atoms with E-state index in [-0.39, 0.29) is 75.1 Å². The van der Waals surface area contributed by atoms with Crippen molar-refractivity contribution in [1.29, 1.82) is 0 Å². The largest absolute Gasteiger partial charge is 0.458 e. The topological polar surface area (TPSA) is 303 Å². The first-order valence-corrected chi connectivity index (χ1v) is 25.8. The summed E-state index contributed by atoms with van der Waals surface area (Å²) in [5, 5.41) is 24.5. The third-order valence-corrected chi connectivity index (χ3v) is 14.7. The van der Waals surface area contributed by atoms with E-state index in [1.54, 1.807) is 55.1 Å². The van der Waals surface area contributed by atoms with E-state index in [1.807, 2.05) is 0 Å². The number of carbonyl (C=O) groups excluding carboxylic acids is 9. The van der Waals surface area contributed by atoms with E-state index in [2.05, 4.69) is 26.6 Å². The number of rotatable bonds is 21. The number of esters is 1. The first kappa shape index (κ1) is 54.6. The van der Waals surface area contributed by atoms with Crippen LogP contribution in [0.2, 0.25) is 0 Å². The average Bonchev–Trinajstić information content (AvgIpc) is 3.96. The Morgan fingerprint density at radius 3 is 2.36 bits per heavy atom. The number of imide groups is 1. The molecule has 0 saturated carbocycles. The third kappa shape index (κ3) is 11.1. The zero-order valence-corrected chi connectivity index (χ0v) is 42.9. The van der Waals surface area contributed by atoms with Crippen molar-refractivity contribution in [3.63, 3.8) is 0 Å². The Hall–Kier alpha value is -8.22. The van der Waals surface area contributed by atoms with Gasteiger partial charge in [-0.05, 0) is 67.3 Å². The van der Waals surface area contributed by atoms with Gasteiger partial charge >= 0.3 is 5.97 Å². The smallest absolute Gasteiger partial charge is 0.343 e. The quantitative estimate of drug-likeness (QED) is 0.0250. The number of halogens is 1. The summed E-state index contributed by atoms with van der Waals surface area (Å²) >= 11 is 0. The minimum Gasteiger partial charge on any atom is -0.458 e. The molecule has 6 N–H and O–H groups in total. The summed E-state index contributed by atoms with van der Waals surface area (Å²) in [6.07, 6.45) is 3.33. The molecule has 24 heteroatoms. The summed E-state index contributed by atoms with van der Waals surface area (Å²) < 4.78 is 33.8. The second-order valence-corrected chi connectivity index (χ2v) is 19.6. The lowest BCUT2D eigenvalue weighted by molar-refractivity contribution is -0.202. The van der Waals surface area contributed by atoms with Crippen molar-refractivity contribution in [2.45, 2.75) is 102 Å². The Kier molecular flexibility index (Phi) is 16.2. The normalized spacial score (nSPS) is 19.4. The second-order valence-electron chi connectivity index (χ2n) is 19.6. The van der Waals surface area contributed by atoms with Gasteiger partial charge in [0.1, 0.15) is 25.2 Å². The van der Waals surface area contributed by atoms with Gasteiger partial charge in [0.15, 0.2) is 5.60 Å². The third-order valence-electron chi connectivity index (χ3n) is 14.7. The van der Waals surface area contributed by atoms with Gasteiger partial charge in [0.2, 0.25) is 35.8 Å². The van der Waals surface area contributed by atoms with Crippen molar-refractivity contribution in [2.24, 2.45) is 0 Å². The number of pyridine rings is 2. The molecule has 6 heterocycles. The van der Waals surface area contributed by atoms with Crippen LogP contribution >= 0.6 is 0 Å². The van der Waals surface area contributed by atoms with Crippen LogP contribution in [0, 0.1) is 12.7 Å². The lowest BCUT2D eigenvalue weighted by Crippen LogP contribution is -2.53. The van der Waals surface area contributed by atoms with Crippen molar-refractivity contribution in [1.82, 2.24) is 45.9 Å². The first-order valence-electron chi connectivity index (χ1n) is 25.8. The highest BCUT2D eigenvalue weighted by Crippen LogP contribution is 2.48. The first-order chi connectivity index (χ1) is 37.5. The van der Waals surface area contributed by atoms with Crippen LogP contribution in [0.5, 0.6) is 0 Å². The molecular formula is C54H58FN9O14. The number of nitrogens with zero attached hydrogens (tertiary/aromatic N) is 4. The molecule has 0 radical (unpaired) electrons. The number of aryl methyl sites for hydroxylation is 1. The number of ether oxygens (including phenoxy) is 3. The molecular weight excluding hydrogens is 1020 g/mol. The van der Waals surface area contributed by atoms with Gasteiger partial charge in [0, 0.05) is 60.7 Å². The molecule has 2 aromatic heterocycles. The minimum absolute atomic E-state index is 0.0252. The summed E-state index contributed by atoms with van der Waals surface area (Å²) in [5.74, 6) is -5.86. The van der Waals surface area contributed by atoms with Crippen LogP contribution in [0.25, 0.3) is 22.3 Å². The predicted molar refractivity (Wildman–Crippen MR) is 271 cm³/mol. The SMILES string of the molecule is CC[C@]1(O)C(=O)OCc2c1cc1n(c2=O)Cc2c-1nc1cc(F)c(C)c3c1c2[C@@H](N1CCOC(OCNC(=O)CNC(=O)[C@H](Cc2ccccc2)NC(=O)CNC(=O)CNC(=O)CCCCCN2C(=O)C=CC2=O)C1=O)CC3. The van der Waals surface area contributed by atoms with Crippen LogP contribution in [0.4, 0.5) is 4.39 Å². The Morgan fingerprint density at radius 1 is 0.885 bits per heavy atom. The van der Waals surface area contributed by atoms with Crippen molar-refractivity contribution in [3.05, 3.63) is 110 Å². The van der Waals surface area contributed by atoms with E-state index in [0.717, 1.165) is 10.5 Å². The van der Waals surface area contributed by atoms with Crippen LogP contribution in [-0.2, 0) is 89.0 Å². The van der Waals surface area contributed by atoms with E-state index in [4.69, 9.17) is 19.2 Å². The highest BCUT2D eigenvalue weighted by atomic mass is 19.1. The Balaban J connectivity index is 0.781. The van der Waals surface area contributed by atoms with E-state index in [0.29, 0.717) is 76.6 Å². The maximum atomic E-state index is 15.6. The number of fused-ring (bicyclic) bond motifs is 5. The number of benzene rings is 2. The maximum absolute atomic E-state index is 15.6. The zero-order valence-electron chi connectivity index (χ0n) is 42.9. The molecule has 410 valence electrons. The lowest BCUT2D eigenvalue weighted by atomic mass is 9.81. The molecule has 9 rings (SSSR count). The summed E-state index contributed by atoms with van der Waals surface area (Å²) in [6, 6.07) is 9.85. The molecule has 4 aliphatic heterocycles. The van der Waals surface area contributed by atoms with Gasteiger partial charge in [-0.25, -0.2) is 14.2 Å². The number of hydrogen-bond acceptors (Lipinski definition) is 15. The fourth-order valence-corrected chi connectivity index (χ4v) is 10.6. The number of hydrogen-bond donors (Lipinski definition) is 6. The van der Waals surface area contributed by atoms with Crippen molar-refractivity contribution in [2.75, 3.05) is 46.1 Å². The number of amides is 8. The summed E-state index contributed by atoms with van der Waals surface area (Å²) in [7, 11) is 0. The highest BCUT2D eigenvalue weighted by Gasteiger charge is 2.47. The van der Waals surface area contributed by atoms with Gasteiger partial charge in [0.05, 0.1) is 61.3 Å². The Bertz CT molecular complexity index is 3220. The van der Waals surface area contributed by atoms with E-state index >= 15 is 4.39 Å². The fourth-order valence-electron chi connectivity index (χ4n) is 10.6. The predicted octanol–water partition coefficient (Wildman–Crippen LogP) is 0.351. The van der Waals surface area contributed by atoms with Gasteiger partial charge in [-0.15, -0.1) is 0 Å². The molecule has 4 aromatic rings. The highest BCUT2D eigenvalue weighted by molar-refractivity contribution is 6.12. The number of aliphatic hydroxyl groups is 1. The average molecular weight is 1080 g/mol. The van der Waals surface area contributed by atoms with Gasteiger partial charge in [0.25, 0.3) is 23.3 Å². The second kappa shape index (κ2) is 23.2. The van der Waals surface area contributed by atoms with Crippen LogP contribution in [0.3, 0.4) is 0 Å². The van der Waals surface area contributed by atoms with Gasteiger partial charge in [-0.1, -0.05) is 43.7 Å². The monoisotopic (exact) mass is 1080 g/mol. The van der Waals surface area contributed by atoms with Crippen LogP contribution in [-0.4, -0.2) is 136 Å². The molecule has 5 aliphatic rings. The van der Waals surface area contributed by atoms with Gasteiger partial charge in [-0.2, -0.15) is 0 Å². The summed E-state index contributed by atoms with van der Waals surface area (Å²) in [5.41, 5.74) is 1.86. The lowest BCUT2D eigenvalue weighted by Gasteiger charge is -2.41. The summed E-state index contributed by atoms with van der Waals surface area (Å²) in [4.78, 5) is 136. The molecule has 1 fully saturated rings. The van der Waals surface area contributed by atoms with E-state index in [1.165, 1.54) is 22.8 Å². The van der Waals surface area contributed by atoms with Crippen LogP contribution < -0.4 is 32.1 Å². The number of carbonyl (C=O) groups is 9. The van der Waals surface area contributed by atoms with Gasteiger partial charge < -0.3 is 55.4 Å².